The predicted molar refractivity (Wildman–Crippen MR) is 68.9 cm³/mol. The zero-order chi connectivity index (χ0) is 13.7. The summed E-state index contributed by atoms with van der Waals surface area (Å²) in [4.78, 5) is 24.2. The maximum Gasteiger partial charge on any atom is 0.329 e. The molecule has 2 amide bonds. The fraction of sp³-hybridized carbons (Fsp3) is 0.846. The first-order valence-electron chi connectivity index (χ1n) is 6.97. The van der Waals surface area contributed by atoms with Gasteiger partial charge >= 0.3 is 12.0 Å². The van der Waals surface area contributed by atoms with Gasteiger partial charge in [-0.1, -0.05) is 0 Å². The van der Waals surface area contributed by atoms with Crippen molar-refractivity contribution in [1.82, 2.24) is 10.2 Å². The molecule has 0 aromatic heterocycles. The van der Waals surface area contributed by atoms with Crippen molar-refractivity contribution < 1.29 is 19.4 Å². The molecule has 0 bridgehead atoms. The van der Waals surface area contributed by atoms with E-state index in [0.29, 0.717) is 18.4 Å². The fourth-order valence-electron chi connectivity index (χ4n) is 1.97. The summed E-state index contributed by atoms with van der Waals surface area (Å²) in [6.45, 7) is 2.00. The van der Waals surface area contributed by atoms with Gasteiger partial charge in [-0.2, -0.15) is 0 Å². The molecule has 2 saturated carbocycles. The van der Waals surface area contributed by atoms with Crippen LogP contribution < -0.4 is 5.32 Å². The molecule has 2 aliphatic rings. The van der Waals surface area contributed by atoms with Gasteiger partial charge in [0.2, 0.25) is 0 Å². The fourth-order valence-corrected chi connectivity index (χ4v) is 1.97. The molecule has 2 rings (SSSR count). The van der Waals surface area contributed by atoms with Crippen molar-refractivity contribution >= 4 is 12.0 Å². The third-order valence-electron chi connectivity index (χ3n) is 3.39. The van der Waals surface area contributed by atoms with Crippen LogP contribution in [0.15, 0.2) is 0 Å². The molecule has 2 aliphatic carbocycles. The van der Waals surface area contributed by atoms with Crippen LogP contribution in [-0.2, 0) is 9.53 Å². The third kappa shape index (κ3) is 5.92. The molecule has 0 unspecified atom stereocenters. The van der Waals surface area contributed by atoms with Gasteiger partial charge < -0.3 is 20.1 Å². The minimum absolute atomic E-state index is 0.0438. The number of nitrogens with one attached hydrogen (secondary N) is 1. The Labute approximate surface area is 113 Å². The number of amides is 2. The SMILES string of the molecule is O=C(O)COCCNC(=O)N(CC1CC1)CC1CC1. The van der Waals surface area contributed by atoms with Crippen molar-refractivity contribution in [1.29, 1.82) is 0 Å². The van der Waals surface area contributed by atoms with E-state index < -0.39 is 5.97 Å². The summed E-state index contributed by atoms with van der Waals surface area (Å²) in [7, 11) is 0. The molecule has 0 heterocycles. The summed E-state index contributed by atoms with van der Waals surface area (Å²) in [5.41, 5.74) is 0. The van der Waals surface area contributed by atoms with E-state index in [2.05, 4.69) is 5.32 Å². The van der Waals surface area contributed by atoms with E-state index in [1.807, 2.05) is 4.90 Å². The molecule has 19 heavy (non-hydrogen) atoms. The van der Waals surface area contributed by atoms with E-state index in [-0.39, 0.29) is 19.2 Å². The number of carbonyl (C=O) groups is 2. The van der Waals surface area contributed by atoms with Gasteiger partial charge in [0, 0.05) is 19.6 Å². The number of hydrogen-bond acceptors (Lipinski definition) is 3. The Morgan fingerprint density at radius 2 is 1.74 bits per heavy atom. The minimum Gasteiger partial charge on any atom is -0.480 e. The number of rotatable bonds is 9. The third-order valence-corrected chi connectivity index (χ3v) is 3.39. The summed E-state index contributed by atoms with van der Waals surface area (Å²) in [6, 6.07) is -0.0438. The van der Waals surface area contributed by atoms with Gasteiger partial charge in [-0.3, -0.25) is 0 Å². The quantitative estimate of drug-likeness (QED) is 0.611. The summed E-state index contributed by atoms with van der Waals surface area (Å²) in [5, 5.41) is 11.2. The second-order valence-corrected chi connectivity index (χ2v) is 5.47. The maximum absolute atomic E-state index is 12.0. The normalized spacial score (nSPS) is 18.1. The van der Waals surface area contributed by atoms with Crippen LogP contribution in [0.5, 0.6) is 0 Å². The Morgan fingerprint density at radius 3 is 2.21 bits per heavy atom. The highest BCUT2D eigenvalue weighted by atomic mass is 16.5. The number of hydrogen-bond donors (Lipinski definition) is 2. The molecule has 0 spiro atoms. The molecule has 0 aromatic carbocycles. The number of carboxylic acid groups (broad SMARTS) is 1. The van der Waals surface area contributed by atoms with Crippen LogP contribution in [0, 0.1) is 11.8 Å². The highest BCUT2D eigenvalue weighted by Crippen LogP contribution is 2.33. The number of urea groups is 1. The largest absolute Gasteiger partial charge is 0.480 e. The van der Waals surface area contributed by atoms with Crippen molar-refractivity contribution in [3.63, 3.8) is 0 Å². The average Bonchev–Trinajstić information content (AvgIpc) is 3.21. The summed E-state index contributed by atoms with van der Waals surface area (Å²) in [6.07, 6.45) is 4.93. The van der Waals surface area contributed by atoms with Crippen LogP contribution in [0.1, 0.15) is 25.7 Å². The van der Waals surface area contributed by atoms with E-state index in [4.69, 9.17) is 9.84 Å². The van der Waals surface area contributed by atoms with Crippen LogP contribution >= 0.6 is 0 Å². The van der Waals surface area contributed by atoms with Gasteiger partial charge in [0.05, 0.1) is 6.61 Å². The number of carboxylic acids is 1. The van der Waals surface area contributed by atoms with Gasteiger partial charge in [0.25, 0.3) is 0 Å². The molecule has 0 atom stereocenters. The molecule has 0 saturated heterocycles. The predicted octanol–water partition coefficient (Wildman–Crippen LogP) is 0.919. The second-order valence-electron chi connectivity index (χ2n) is 5.47. The number of aliphatic carboxylic acids is 1. The Bertz CT molecular complexity index is 313. The summed E-state index contributed by atoms with van der Waals surface area (Å²) in [5.74, 6) is 0.385. The standard InChI is InChI=1S/C13H22N2O4/c16-12(17)9-19-6-5-14-13(18)15(7-10-1-2-10)8-11-3-4-11/h10-11H,1-9H2,(H,14,18)(H,16,17). The summed E-state index contributed by atoms with van der Waals surface area (Å²) >= 11 is 0. The average molecular weight is 270 g/mol. The molecular formula is C13H22N2O4. The van der Waals surface area contributed by atoms with Gasteiger partial charge in [0.15, 0.2) is 0 Å². The van der Waals surface area contributed by atoms with Crippen molar-refractivity contribution in [2.75, 3.05) is 32.8 Å². The smallest absolute Gasteiger partial charge is 0.329 e. The van der Waals surface area contributed by atoms with Gasteiger partial charge in [0.1, 0.15) is 6.61 Å². The lowest BCUT2D eigenvalue weighted by Gasteiger charge is -2.23. The van der Waals surface area contributed by atoms with Crippen LogP contribution in [-0.4, -0.2) is 54.9 Å². The van der Waals surface area contributed by atoms with Gasteiger partial charge in [-0.05, 0) is 37.5 Å². The Kier molecular flexibility index (Phi) is 5.01. The first-order valence-corrected chi connectivity index (χ1v) is 6.97. The van der Waals surface area contributed by atoms with Crippen LogP contribution in [0.2, 0.25) is 0 Å². The lowest BCUT2D eigenvalue weighted by molar-refractivity contribution is -0.142. The zero-order valence-electron chi connectivity index (χ0n) is 11.1. The lowest BCUT2D eigenvalue weighted by atomic mass is 10.3. The topological polar surface area (TPSA) is 78.9 Å². The zero-order valence-corrected chi connectivity index (χ0v) is 11.1. The van der Waals surface area contributed by atoms with Crippen molar-refractivity contribution in [3.8, 4) is 0 Å². The molecule has 6 nitrogen and oxygen atoms in total. The molecule has 2 N–H and O–H groups in total. The number of nitrogens with zero attached hydrogens (tertiary/aromatic N) is 1. The van der Waals surface area contributed by atoms with E-state index >= 15 is 0 Å². The van der Waals surface area contributed by atoms with Crippen LogP contribution in [0.3, 0.4) is 0 Å². The molecule has 6 heteroatoms. The monoisotopic (exact) mass is 270 g/mol. The van der Waals surface area contributed by atoms with Crippen LogP contribution in [0.4, 0.5) is 4.79 Å². The van der Waals surface area contributed by atoms with Gasteiger partial charge in [-0.25, -0.2) is 9.59 Å². The number of carbonyl (C=O) groups excluding carboxylic acids is 1. The highest BCUT2D eigenvalue weighted by molar-refractivity contribution is 5.74. The summed E-state index contributed by atoms with van der Waals surface area (Å²) < 4.78 is 4.88. The van der Waals surface area contributed by atoms with Crippen molar-refractivity contribution in [3.05, 3.63) is 0 Å². The van der Waals surface area contributed by atoms with Crippen LogP contribution in [0.25, 0.3) is 0 Å². The Balaban J connectivity index is 1.61. The second kappa shape index (κ2) is 6.75. The van der Waals surface area contributed by atoms with E-state index in [0.717, 1.165) is 13.1 Å². The molecule has 2 fully saturated rings. The number of ether oxygens (including phenoxy) is 1. The minimum atomic E-state index is -0.990. The molecule has 108 valence electrons. The molecular weight excluding hydrogens is 248 g/mol. The molecule has 0 aliphatic heterocycles. The van der Waals surface area contributed by atoms with E-state index in [1.54, 1.807) is 0 Å². The van der Waals surface area contributed by atoms with Crippen molar-refractivity contribution in [2.24, 2.45) is 11.8 Å². The highest BCUT2D eigenvalue weighted by Gasteiger charge is 2.31. The molecule has 0 aromatic rings. The Morgan fingerprint density at radius 1 is 1.16 bits per heavy atom. The maximum atomic E-state index is 12.0. The first kappa shape index (κ1) is 14.1. The Hall–Kier alpha value is -1.30. The lowest BCUT2D eigenvalue weighted by Crippen LogP contribution is -2.43. The van der Waals surface area contributed by atoms with E-state index in [1.165, 1.54) is 25.7 Å². The van der Waals surface area contributed by atoms with Crippen molar-refractivity contribution in [2.45, 2.75) is 25.7 Å². The van der Waals surface area contributed by atoms with E-state index in [9.17, 15) is 9.59 Å². The molecule has 0 radical (unpaired) electrons. The van der Waals surface area contributed by atoms with Gasteiger partial charge in [-0.15, -0.1) is 0 Å². The first-order chi connectivity index (χ1) is 9.15.